The molecule has 2 heterocycles. The Hall–Kier alpha value is -2.26. The monoisotopic (exact) mass is 363 g/mol. The zero-order chi connectivity index (χ0) is 19.0. The molecule has 1 saturated heterocycles. The summed E-state index contributed by atoms with van der Waals surface area (Å²) in [5.74, 6) is -0.244. The number of aliphatic hydroxyl groups is 3. The first-order chi connectivity index (χ1) is 12.3. The normalized spacial score (nSPS) is 28.9. The van der Waals surface area contributed by atoms with E-state index in [2.05, 4.69) is 5.32 Å². The fourth-order valence-corrected chi connectivity index (χ4v) is 3.24. The lowest BCUT2D eigenvalue weighted by atomic mass is 9.93. The average molecular weight is 363 g/mol. The number of anilines is 1. The first kappa shape index (κ1) is 18.5. The predicted octanol–water partition coefficient (Wildman–Crippen LogP) is 0.277. The quantitative estimate of drug-likeness (QED) is 0.450. The molecule has 4 N–H and O–H groups in total. The van der Waals surface area contributed by atoms with Crippen molar-refractivity contribution < 1.29 is 29.3 Å². The van der Waals surface area contributed by atoms with E-state index in [0.717, 1.165) is 6.07 Å². The highest BCUT2D eigenvalue weighted by Crippen LogP contribution is 2.26. The van der Waals surface area contributed by atoms with E-state index in [1.54, 1.807) is 25.1 Å². The maximum atomic E-state index is 11.7. The van der Waals surface area contributed by atoms with E-state index in [-0.39, 0.29) is 16.9 Å². The van der Waals surface area contributed by atoms with Gasteiger partial charge in [-0.3, -0.25) is 4.79 Å². The number of nitrogens with one attached hydrogen (secondary N) is 1. The Balaban J connectivity index is 1.92. The second kappa shape index (κ2) is 7.16. The molecule has 0 saturated carbocycles. The van der Waals surface area contributed by atoms with Crippen LogP contribution in [0.4, 0.5) is 5.69 Å². The van der Waals surface area contributed by atoms with Crippen LogP contribution in [0.3, 0.4) is 0 Å². The molecule has 2 aromatic rings. The van der Waals surface area contributed by atoms with Crippen LogP contribution in [0.25, 0.3) is 11.0 Å². The Morgan fingerprint density at radius 3 is 2.62 bits per heavy atom. The van der Waals surface area contributed by atoms with Crippen LogP contribution in [0.5, 0.6) is 0 Å². The summed E-state index contributed by atoms with van der Waals surface area (Å²) in [5, 5.41) is 33.1. The number of ether oxygens (including phenoxy) is 1. The molecule has 1 aromatic carbocycles. The van der Waals surface area contributed by atoms with Gasteiger partial charge in [0.25, 0.3) is 0 Å². The zero-order valence-electron chi connectivity index (χ0n) is 14.4. The Labute approximate surface area is 149 Å². The van der Waals surface area contributed by atoms with Gasteiger partial charge < -0.3 is 29.8 Å². The van der Waals surface area contributed by atoms with Crippen LogP contribution in [0, 0.1) is 0 Å². The standard InChI is InChI=1S/C18H21NO7/c1-8(21)12-6-15(22)26-13-5-10(3-4-11(12)13)19-16-9(2)25-14(7-20)17(23)18(16)24/h3-6,9,14,16-20,23-24H,7H2,1-2H3. The first-order valence-corrected chi connectivity index (χ1v) is 8.29. The molecular formula is C18H21NO7. The molecule has 26 heavy (non-hydrogen) atoms. The van der Waals surface area contributed by atoms with Crippen LogP contribution in [-0.4, -0.2) is 58.2 Å². The van der Waals surface area contributed by atoms with Gasteiger partial charge in [-0.05, 0) is 26.0 Å². The van der Waals surface area contributed by atoms with E-state index >= 15 is 0 Å². The van der Waals surface area contributed by atoms with Crippen LogP contribution in [0.2, 0.25) is 0 Å². The molecule has 1 aliphatic rings. The van der Waals surface area contributed by atoms with Gasteiger partial charge >= 0.3 is 5.63 Å². The number of Topliss-reactive ketones (excluding diaryl/α,β-unsaturated/α-hetero) is 1. The van der Waals surface area contributed by atoms with E-state index in [1.165, 1.54) is 6.92 Å². The molecule has 3 rings (SSSR count). The maximum Gasteiger partial charge on any atom is 0.336 e. The topological polar surface area (TPSA) is 129 Å². The molecule has 0 radical (unpaired) electrons. The number of benzene rings is 1. The summed E-state index contributed by atoms with van der Waals surface area (Å²) in [7, 11) is 0. The molecule has 0 amide bonds. The molecule has 0 spiro atoms. The van der Waals surface area contributed by atoms with Crippen molar-refractivity contribution in [3.05, 3.63) is 40.2 Å². The highest BCUT2D eigenvalue weighted by molar-refractivity contribution is 6.05. The van der Waals surface area contributed by atoms with Gasteiger partial charge in [0, 0.05) is 28.8 Å². The highest BCUT2D eigenvalue weighted by atomic mass is 16.5. The second-order valence-corrected chi connectivity index (χ2v) is 6.46. The van der Waals surface area contributed by atoms with E-state index in [0.29, 0.717) is 11.1 Å². The van der Waals surface area contributed by atoms with Crippen molar-refractivity contribution in [1.29, 1.82) is 0 Å². The van der Waals surface area contributed by atoms with Gasteiger partial charge in [0.1, 0.15) is 23.9 Å². The van der Waals surface area contributed by atoms with Crippen LogP contribution in [-0.2, 0) is 4.74 Å². The summed E-state index contributed by atoms with van der Waals surface area (Å²) in [6.45, 7) is 2.69. The SMILES string of the molecule is CC(=O)c1cc(=O)oc2cc(NC3C(C)OC(CO)C(O)C3O)ccc12. The van der Waals surface area contributed by atoms with Crippen LogP contribution in [0.1, 0.15) is 24.2 Å². The van der Waals surface area contributed by atoms with Crippen molar-refractivity contribution in [3.63, 3.8) is 0 Å². The Kier molecular flexibility index (Phi) is 5.10. The molecule has 140 valence electrons. The lowest BCUT2D eigenvalue weighted by Crippen LogP contribution is -2.60. The van der Waals surface area contributed by atoms with E-state index in [4.69, 9.17) is 9.15 Å². The predicted molar refractivity (Wildman–Crippen MR) is 93.3 cm³/mol. The number of hydrogen-bond donors (Lipinski definition) is 4. The van der Waals surface area contributed by atoms with Crippen LogP contribution >= 0.6 is 0 Å². The van der Waals surface area contributed by atoms with Gasteiger partial charge in [-0.2, -0.15) is 0 Å². The largest absolute Gasteiger partial charge is 0.423 e. The van der Waals surface area contributed by atoms with E-state index in [1.807, 2.05) is 0 Å². The van der Waals surface area contributed by atoms with Crippen molar-refractivity contribution >= 4 is 22.4 Å². The minimum absolute atomic E-state index is 0.236. The van der Waals surface area contributed by atoms with Gasteiger partial charge in [0.2, 0.25) is 0 Å². The number of fused-ring (bicyclic) bond motifs is 1. The summed E-state index contributed by atoms with van der Waals surface area (Å²) in [6.07, 6.45) is -3.75. The fourth-order valence-electron chi connectivity index (χ4n) is 3.24. The average Bonchev–Trinajstić information content (AvgIpc) is 2.60. The Morgan fingerprint density at radius 2 is 1.96 bits per heavy atom. The molecule has 1 aromatic heterocycles. The first-order valence-electron chi connectivity index (χ1n) is 8.29. The molecule has 8 heteroatoms. The third-order valence-electron chi connectivity index (χ3n) is 4.63. The molecule has 5 atom stereocenters. The van der Waals surface area contributed by atoms with E-state index in [9.17, 15) is 24.9 Å². The van der Waals surface area contributed by atoms with Gasteiger partial charge in [0.15, 0.2) is 5.78 Å². The highest BCUT2D eigenvalue weighted by Gasteiger charge is 2.42. The smallest absolute Gasteiger partial charge is 0.336 e. The molecule has 5 unspecified atom stereocenters. The van der Waals surface area contributed by atoms with Crippen LogP contribution in [0.15, 0.2) is 33.5 Å². The van der Waals surface area contributed by atoms with Crippen LogP contribution < -0.4 is 10.9 Å². The third kappa shape index (κ3) is 3.36. The van der Waals surface area contributed by atoms with Crippen molar-refractivity contribution in [3.8, 4) is 0 Å². The second-order valence-electron chi connectivity index (χ2n) is 6.46. The fraction of sp³-hybridized carbons (Fsp3) is 0.444. The Morgan fingerprint density at radius 1 is 1.23 bits per heavy atom. The molecule has 8 nitrogen and oxygen atoms in total. The van der Waals surface area contributed by atoms with Gasteiger partial charge in [-0.25, -0.2) is 4.79 Å². The number of rotatable bonds is 4. The van der Waals surface area contributed by atoms with Crippen molar-refractivity contribution in [1.82, 2.24) is 0 Å². The van der Waals surface area contributed by atoms with Gasteiger partial charge in [-0.1, -0.05) is 0 Å². The number of carbonyl (C=O) groups is 1. The lowest BCUT2D eigenvalue weighted by Gasteiger charge is -2.41. The zero-order valence-corrected chi connectivity index (χ0v) is 14.4. The minimum atomic E-state index is -1.24. The third-order valence-corrected chi connectivity index (χ3v) is 4.63. The summed E-state index contributed by atoms with van der Waals surface area (Å²) in [6, 6.07) is 5.38. The molecular weight excluding hydrogens is 342 g/mol. The molecule has 0 aliphatic carbocycles. The Bertz CT molecular complexity index is 877. The number of aliphatic hydroxyl groups excluding tert-OH is 3. The molecule has 1 fully saturated rings. The van der Waals surface area contributed by atoms with Crippen molar-refractivity contribution in [2.24, 2.45) is 0 Å². The van der Waals surface area contributed by atoms with Gasteiger partial charge in [-0.15, -0.1) is 0 Å². The van der Waals surface area contributed by atoms with Crippen molar-refractivity contribution in [2.45, 2.75) is 44.3 Å². The maximum absolute atomic E-state index is 11.7. The minimum Gasteiger partial charge on any atom is -0.423 e. The lowest BCUT2D eigenvalue weighted by molar-refractivity contribution is -0.180. The number of carbonyl (C=O) groups excluding carboxylic acids is 1. The van der Waals surface area contributed by atoms with Gasteiger partial charge in [0.05, 0.1) is 18.8 Å². The summed E-state index contributed by atoms with van der Waals surface area (Å²) < 4.78 is 10.7. The summed E-state index contributed by atoms with van der Waals surface area (Å²) in [5.41, 5.74) is 0.407. The van der Waals surface area contributed by atoms with E-state index < -0.39 is 42.7 Å². The van der Waals surface area contributed by atoms with Crippen molar-refractivity contribution in [2.75, 3.05) is 11.9 Å². The molecule has 1 aliphatic heterocycles. The summed E-state index contributed by atoms with van der Waals surface area (Å²) >= 11 is 0. The summed E-state index contributed by atoms with van der Waals surface area (Å²) in [4.78, 5) is 23.4. The number of hydrogen-bond acceptors (Lipinski definition) is 8. The number of ketones is 1. The molecule has 0 bridgehead atoms.